The number of hydrogen-bond donors (Lipinski definition) is 3. The van der Waals surface area contributed by atoms with Crippen molar-refractivity contribution in [3.05, 3.63) is 12.2 Å². The van der Waals surface area contributed by atoms with E-state index in [1.54, 1.807) is 18.4 Å². The number of aliphatic carboxylic acids is 2. The van der Waals surface area contributed by atoms with E-state index in [1.165, 1.54) is 0 Å². The number of amides is 1. The van der Waals surface area contributed by atoms with Crippen molar-refractivity contribution in [1.29, 1.82) is 0 Å². The average molecular weight is 254 g/mol. The minimum atomic E-state index is -1.26. The Morgan fingerprint density at radius 1 is 1.39 bits per heavy atom. The number of hydrogen-bond acceptors (Lipinski definition) is 4. The van der Waals surface area contributed by atoms with Gasteiger partial charge in [0.15, 0.2) is 0 Å². The number of nitrogens with one attached hydrogen (secondary N) is 1. The molecule has 0 radical (unpaired) electrons. The van der Waals surface area contributed by atoms with Gasteiger partial charge in [-0.2, -0.15) is 0 Å². The fraction of sp³-hybridized carbons (Fsp3) is 0.455. The number of carbonyl (C=O) groups is 3. The second-order valence-electron chi connectivity index (χ2n) is 3.77. The van der Waals surface area contributed by atoms with Crippen molar-refractivity contribution >= 4 is 24.1 Å². The van der Waals surface area contributed by atoms with Gasteiger partial charge in [0.1, 0.15) is 12.1 Å². The number of rotatable bonds is 6. The minimum absolute atomic E-state index is 0.156. The second-order valence-corrected chi connectivity index (χ2v) is 3.77. The van der Waals surface area contributed by atoms with E-state index in [0.717, 1.165) is 0 Å². The van der Waals surface area contributed by atoms with Gasteiger partial charge >= 0.3 is 11.9 Å². The van der Waals surface area contributed by atoms with Crippen molar-refractivity contribution in [3.8, 4) is 0 Å². The highest BCUT2D eigenvalue weighted by Crippen LogP contribution is 2.04. The topological polar surface area (TPSA) is 116 Å². The Balaban J connectivity index is 2.54. The average Bonchev–Trinajstić information content (AvgIpc) is 2.34. The highest BCUT2D eigenvalue weighted by atomic mass is 16.4. The number of carboxylic acid groups (broad SMARTS) is 2. The van der Waals surface area contributed by atoms with Crippen LogP contribution in [-0.2, 0) is 14.4 Å². The molecule has 0 saturated carbocycles. The summed E-state index contributed by atoms with van der Waals surface area (Å²) in [5, 5.41) is 19.6. The molecular weight excluding hydrogens is 240 g/mol. The van der Waals surface area contributed by atoms with Crippen LogP contribution in [0, 0.1) is 0 Å². The van der Waals surface area contributed by atoms with E-state index in [-0.39, 0.29) is 12.8 Å². The predicted octanol–water partition coefficient (Wildman–Crippen LogP) is -0.180. The Morgan fingerprint density at radius 3 is 2.61 bits per heavy atom. The SMILES string of the molecule is O=C(O)CC[C@H](NC(=O)C1C=CCC=N1)C(=O)O. The smallest absolute Gasteiger partial charge is 0.326 e. The van der Waals surface area contributed by atoms with E-state index in [9.17, 15) is 14.4 Å². The molecule has 2 atom stereocenters. The normalized spacial score (nSPS) is 19.2. The first-order valence-electron chi connectivity index (χ1n) is 5.44. The Bertz CT molecular complexity index is 390. The molecule has 3 N–H and O–H groups in total. The molecule has 1 aliphatic rings. The maximum atomic E-state index is 11.7. The van der Waals surface area contributed by atoms with Gasteiger partial charge in [0.2, 0.25) is 5.91 Å². The summed E-state index contributed by atoms with van der Waals surface area (Å²) in [7, 11) is 0. The molecule has 0 aliphatic carbocycles. The molecule has 98 valence electrons. The summed E-state index contributed by atoms with van der Waals surface area (Å²) in [6, 6.07) is -1.94. The van der Waals surface area contributed by atoms with Gasteiger partial charge in [0.25, 0.3) is 0 Å². The first kappa shape index (κ1) is 13.9. The number of carbonyl (C=O) groups excluding carboxylic acids is 1. The number of nitrogens with zero attached hydrogens (tertiary/aromatic N) is 1. The maximum absolute atomic E-state index is 11.7. The molecule has 7 nitrogen and oxygen atoms in total. The summed E-state index contributed by atoms with van der Waals surface area (Å²) >= 11 is 0. The summed E-state index contributed by atoms with van der Waals surface area (Å²) in [6.07, 6.45) is 5.07. The largest absolute Gasteiger partial charge is 0.481 e. The van der Waals surface area contributed by atoms with E-state index in [1.807, 2.05) is 0 Å². The molecule has 1 heterocycles. The van der Waals surface area contributed by atoms with Crippen LogP contribution >= 0.6 is 0 Å². The number of allylic oxidation sites excluding steroid dienone is 1. The van der Waals surface area contributed by atoms with Crippen LogP contribution in [0.25, 0.3) is 0 Å². The number of dihydropyridines is 1. The van der Waals surface area contributed by atoms with E-state index < -0.39 is 29.9 Å². The molecule has 1 aliphatic heterocycles. The fourth-order valence-corrected chi connectivity index (χ4v) is 1.43. The van der Waals surface area contributed by atoms with Crippen LogP contribution in [0.1, 0.15) is 19.3 Å². The molecule has 0 saturated heterocycles. The van der Waals surface area contributed by atoms with Crippen molar-refractivity contribution in [2.75, 3.05) is 0 Å². The standard InChI is InChI=1S/C11H14N2O5/c14-9(15)5-4-8(11(17)18)13-10(16)7-3-1-2-6-12-7/h1,3,6-8H,2,4-5H2,(H,13,16)(H,14,15)(H,17,18)/t7?,8-/m0/s1. The fourth-order valence-electron chi connectivity index (χ4n) is 1.43. The molecular formula is C11H14N2O5. The van der Waals surface area contributed by atoms with Gasteiger partial charge in [-0.15, -0.1) is 0 Å². The molecule has 1 rings (SSSR count). The zero-order valence-corrected chi connectivity index (χ0v) is 9.57. The number of aliphatic imine (C=N–C) groups is 1. The Labute approximate surface area is 103 Å². The van der Waals surface area contributed by atoms with Crippen LogP contribution in [0.15, 0.2) is 17.1 Å². The predicted molar refractivity (Wildman–Crippen MR) is 62.5 cm³/mol. The lowest BCUT2D eigenvalue weighted by molar-refractivity contribution is -0.143. The van der Waals surface area contributed by atoms with Crippen molar-refractivity contribution in [1.82, 2.24) is 5.32 Å². The van der Waals surface area contributed by atoms with E-state index >= 15 is 0 Å². The quantitative estimate of drug-likeness (QED) is 0.568. The lowest BCUT2D eigenvalue weighted by atomic mass is 10.1. The van der Waals surface area contributed by atoms with Gasteiger partial charge in [0, 0.05) is 19.1 Å². The molecule has 0 aromatic carbocycles. The van der Waals surface area contributed by atoms with Crippen LogP contribution in [0.4, 0.5) is 0 Å². The van der Waals surface area contributed by atoms with Crippen molar-refractivity contribution in [2.24, 2.45) is 4.99 Å². The molecule has 0 aromatic rings. The van der Waals surface area contributed by atoms with Crippen molar-refractivity contribution < 1.29 is 24.6 Å². The third kappa shape index (κ3) is 4.36. The summed E-state index contributed by atoms with van der Waals surface area (Å²) in [5.74, 6) is -2.90. The summed E-state index contributed by atoms with van der Waals surface area (Å²) in [6.45, 7) is 0. The Hall–Kier alpha value is -2.18. The summed E-state index contributed by atoms with van der Waals surface area (Å²) in [4.78, 5) is 36.8. The number of carboxylic acids is 2. The van der Waals surface area contributed by atoms with Gasteiger partial charge in [-0.3, -0.25) is 14.6 Å². The van der Waals surface area contributed by atoms with Gasteiger partial charge in [-0.1, -0.05) is 12.2 Å². The monoisotopic (exact) mass is 254 g/mol. The highest BCUT2D eigenvalue weighted by Gasteiger charge is 2.24. The van der Waals surface area contributed by atoms with Gasteiger partial charge < -0.3 is 15.5 Å². The molecule has 18 heavy (non-hydrogen) atoms. The first-order valence-corrected chi connectivity index (χ1v) is 5.44. The third-order valence-electron chi connectivity index (χ3n) is 2.36. The van der Waals surface area contributed by atoms with E-state index in [4.69, 9.17) is 10.2 Å². The molecule has 0 fully saturated rings. The van der Waals surface area contributed by atoms with Gasteiger partial charge in [-0.25, -0.2) is 4.79 Å². The summed E-state index contributed by atoms with van der Waals surface area (Å²) in [5.41, 5.74) is 0. The molecule has 0 aromatic heterocycles. The lowest BCUT2D eigenvalue weighted by Gasteiger charge is -2.16. The van der Waals surface area contributed by atoms with Crippen LogP contribution in [0.5, 0.6) is 0 Å². The van der Waals surface area contributed by atoms with Crippen molar-refractivity contribution in [2.45, 2.75) is 31.3 Å². The highest BCUT2D eigenvalue weighted by molar-refractivity contribution is 5.90. The van der Waals surface area contributed by atoms with Gasteiger partial charge in [-0.05, 0) is 6.42 Å². The molecule has 0 bridgehead atoms. The molecule has 0 spiro atoms. The van der Waals surface area contributed by atoms with Crippen LogP contribution < -0.4 is 5.32 Å². The Morgan fingerprint density at radius 2 is 2.11 bits per heavy atom. The third-order valence-corrected chi connectivity index (χ3v) is 2.36. The van der Waals surface area contributed by atoms with Crippen LogP contribution in [-0.4, -0.2) is 46.4 Å². The van der Waals surface area contributed by atoms with Crippen LogP contribution in [0.3, 0.4) is 0 Å². The Kier molecular flexibility index (Phi) is 5.04. The minimum Gasteiger partial charge on any atom is -0.481 e. The van der Waals surface area contributed by atoms with E-state index in [0.29, 0.717) is 6.42 Å². The lowest BCUT2D eigenvalue weighted by Crippen LogP contribution is -2.45. The van der Waals surface area contributed by atoms with E-state index in [2.05, 4.69) is 10.3 Å². The van der Waals surface area contributed by atoms with Crippen molar-refractivity contribution in [3.63, 3.8) is 0 Å². The van der Waals surface area contributed by atoms with Gasteiger partial charge in [0.05, 0.1) is 0 Å². The second kappa shape index (κ2) is 6.53. The molecule has 1 amide bonds. The molecule has 1 unspecified atom stereocenters. The molecule has 7 heteroatoms. The zero-order valence-electron chi connectivity index (χ0n) is 9.57. The first-order chi connectivity index (χ1) is 8.50. The van der Waals surface area contributed by atoms with Crippen LogP contribution in [0.2, 0.25) is 0 Å². The zero-order chi connectivity index (χ0) is 13.5. The maximum Gasteiger partial charge on any atom is 0.326 e. The summed E-state index contributed by atoms with van der Waals surface area (Å²) < 4.78 is 0.